The Labute approximate surface area is 226 Å². The number of nitrogens with one attached hydrogen (secondary N) is 1. The van der Waals surface area contributed by atoms with Gasteiger partial charge in [0.15, 0.2) is 5.16 Å². The number of aromatic nitrogens is 2. The van der Waals surface area contributed by atoms with Crippen molar-refractivity contribution in [2.75, 3.05) is 36.5 Å². The first kappa shape index (κ1) is 25.4. The van der Waals surface area contributed by atoms with Crippen LogP contribution in [-0.2, 0) is 9.53 Å². The third kappa shape index (κ3) is 5.85. The lowest BCUT2D eigenvalue weighted by atomic mass is 10.1. The minimum absolute atomic E-state index is 0.0727. The van der Waals surface area contributed by atoms with Crippen LogP contribution in [0.25, 0.3) is 16.9 Å². The van der Waals surface area contributed by atoms with Crippen molar-refractivity contribution in [2.45, 2.75) is 24.3 Å². The Morgan fingerprint density at radius 2 is 1.73 bits per heavy atom. The number of morpholine rings is 1. The number of thioether (sulfide) groups is 1. The number of hydrogen-bond acceptors (Lipinski definition) is 5. The van der Waals surface area contributed by atoms with Crippen LogP contribution < -0.4 is 10.2 Å². The highest BCUT2D eigenvalue weighted by Crippen LogP contribution is 2.33. The molecule has 1 amide bonds. The lowest BCUT2D eigenvalue weighted by Gasteiger charge is -2.28. The Morgan fingerprint density at radius 1 is 1.03 bits per heavy atom. The molecule has 6 nitrogen and oxygen atoms in total. The molecule has 1 fully saturated rings. The average Bonchev–Trinajstić information content (AvgIpc) is 3.33. The summed E-state index contributed by atoms with van der Waals surface area (Å²) in [5.41, 5.74) is 6.01. The van der Waals surface area contributed by atoms with Crippen molar-refractivity contribution in [1.29, 1.82) is 0 Å². The summed E-state index contributed by atoms with van der Waals surface area (Å²) >= 11 is 7.56. The van der Waals surface area contributed by atoms with Crippen molar-refractivity contribution < 1.29 is 9.53 Å². The number of aryl methyl sites for hydroxylation is 1. The number of amides is 1. The van der Waals surface area contributed by atoms with Crippen LogP contribution in [0.2, 0.25) is 5.02 Å². The van der Waals surface area contributed by atoms with Crippen LogP contribution >= 0.6 is 23.4 Å². The van der Waals surface area contributed by atoms with Crippen LogP contribution in [0, 0.1) is 6.92 Å². The number of halogens is 1. The van der Waals surface area contributed by atoms with Gasteiger partial charge in [-0.2, -0.15) is 0 Å². The summed E-state index contributed by atoms with van der Waals surface area (Å²) in [6.07, 6.45) is 1.85. The van der Waals surface area contributed by atoms with Crippen LogP contribution in [0.5, 0.6) is 0 Å². The molecule has 0 bridgehead atoms. The monoisotopic (exact) mass is 532 g/mol. The maximum atomic E-state index is 13.1. The van der Waals surface area contributed by atoms with Crippen molar-refractivity contribution >= 4 is 40.6 Å². The van der Waals surface area contributed by atoms with Gasteiger partial charge in [0.1, 0.15) is 0 Å². The summed E-state index contributed by atoms with van der Waals surface area (Å²) in [5, 5.41) is 4.13. The van der Waals surface area contributed by atoms with Gasteiger partial charge in [-0.1, -0.05) is 53.7 Å². The van der Waals surface area contributed by atoms with Crippen LogP contribution in [0.3, 0.4) is 0 Å². The number of hydrogen-bond donors (Lipinski definition) is 1. The molecule has 1 aliphatic heterocycles. The molecule has 0 saturated carbocycles. The first-order valence-corrected chi connectivity index (χ1v) is 13.6. The first-order valence-electron chi connectivity index (χ1n) is 12.3. The summed E-state index contributed by atoms with van der Waals surface area (Å²) in [4.78, 5) is 20.1. The van der Waals surface area contributed by atoms with Gasteiger partial charge in [0.2, 0.25) is 5.91 Å². The van der Waals surface area contributed by atoms with Crippen molar-refractivity contribution in [2.24, 2.45) is 0 Å². The van der Waals surface area contributed by atoms with Crippen LogP contribution in [0.15, 0.2) is 84.1 Å². The zero-order valence-corrected chi connectivity index (χ0v) is 22.4. The van der Waals surface area contributed by atoms with Gasteiger partial charge < -0.3 is 15.0 Å². The molecule has 4 aromatic rings. The number of rotatable bonds is 7. The predicted octanol–water partition coefficient (Wildman–Crippen LogP) is 6.46. The lowest BCUT2D eigenvalue weighted by molar-refractivity contribution is -0.115. The van der Waals surface area contributed by atoms with E-state index in [1.807, 2.05) is 73.8 Å². The highest BCUT2D eigenvalue weighted by atomic mass is 35.5. The molecule has 1 atom stereocenters. The quantitative estimate of drug-likeness (QED) is 0.277. The fourth-order valence-corrected chi connectivity index (χ4v) is 5.35. The Bertz CT molecular complexity index is 1370. The number of imidazole rings is 1. The van der Waals surface area contributed by atoms with Gasteiger partial charge in [0.25, 0.3) is 0 Å². The molecule has 0 spiro atoms. The predicted molar refractivity (Wildman–Crippen MR) is 152 cm³/mol. The lowest BCUT2D eigenvalue weighted by Crippen LogP contribution is -2.36. The topological polar surface area (TPSA) is 59.4 Å². The largest absolute Gasteiger partial charge is 0.378 e. The second-order valence-corrected chi connectivity index (χ2v) is 10.7. The molecule has 1 saturated heterocycles. The maximum absolute atomic E-state index is 13.1. The van der Waals surface area contributed by atoms with Gasteiger partial charge in [-0.15, -0.1) is 0 Å². The normalized spacial score (nSPS) is 14.4. The Kier molecular flexibility index (Phi) is 7.84. The van der Waals surface area contributed by atoms with E-state index in [2.05, 4.69) is 33.8 Å². The van der Waals surface area contributed by atoms with Gasteiger partial charge >= 0.3 is 0 Å². The third-order valence-electron chi connectivity index (χ3n) is 6.39. The molecule has 1 aliphatic rings. The van der Waals surface area contributed by atoms with Crippen LogP contribution in [0.4, 0.5) is 11.4 Å². The molecule has 1 unspecified atom stereocenters. The molecular formula is C29H29ClN4O2S. The van der Waals surface area contributed by atoms with E-state index in [0.29, 0.717) is 5.02 Å². The number of ether oxygens (including phenoxy) is 1. The van der Waals surface area contributed by atoms with Gasteiger partial charge in [0.05, 0.1) is 36.0 Å². The highest BCUT2D eigenvalue weighted by Gasteiger charge is 2.22. The molecule has 37 heavy (non-hydrogen) atoms. The smallest absolute Gasteiger partial charge is 0.237 e. The molecule has 8 heteroatoms. The van der Waals surface area contributed by atoms with Crippen molar-refractivity contribution in [3.63, 3.8) is 0 Å². The SMILES string of the molecule is Cc1ccccc1-n1c(-c2ccc(Cl)cc2)cnc1SC(C)C(=O)Nc1ccc(N2CCOCC2)cc1. The molecular weight excluding hydrogens is 504 g/mol. The van der Waals surface area contributed by atoms with Crippen LogP contribution in [0.1, 0.15) is 12.5 Å². The number of benzene rings is 3. The summed E-state index contributed by atoms with van der Waals surface area (Å²) in [6.45, 7) is 7.22. The minimum Gasteiger partial charge on any atom is -0.378 e. The zero-order chi connectivity index (χ0) is 25.8. The second kappa shape index (κ2) is 11.4. The molecule has 0 radical (unpaired) electrons. The molecule has 0 aliphatic carbocycles. The number of nitrogens with zero attached hydrogens (tertiary/aromatic N) is 3. The van der Waals surface area contributed by atoms with E-state index in [-0.39, 0.29) is 11.2 Å². The van der Waals surface area contributed by atoms with Crippen molar-refractivity contribution in [1.82, 2.24) is 9.55 Å². The van der Waals surface area contributed by atoms with Gasteiger partial charge in [-0.3, -0.25) is 9.36 Å². The number of anilines is 2. The van der Waals surface area contributed by atoms with E-state index in [1.54, 1.807) is 0 Å². The fraction of sp³-hybridized carbons (Fsp3) is 0.241. The number of para-hydroxylation sites is 1. The van der Waals surface area contributed by atoms with E-state index in [9.17, 15) is 4.79 Å². The van der Waals surface area contributed by atoms with Crippen molar-refractivity contribution in [3.05, 3.63) is 89.6 Å². The Balaban J connectivity index is 1.35. The zero-order valence-electron chi connectivity index (χ0n) is 20.9. The molecule has 1 N–H and O–H groups in total. The van der Waals surface area contributed by atoms with E-state index >= 15 is 0 Å². The van der Waals surface area contributed by atoms with Gasteiger partial charge in [-0.05, 0) is 61.9 Å². The summed E-state index contributed by atoms with van der Waals surface area (Å²) in [5.74, 6) is -0.0727. The minimum atomic E-state index is -0.359. The van der Waals surface area contributed by atoms with E-state index < -0.39 is 0 Å². The molecule has 1 aromatic heterocycles. The highest BCUT2D eigenvalue weighted by molar-refractivity contribution is 8.00. The number of carbonyl (C=O) groups is 1. The average molecular weight is 533 g/mol. The molecule has 190 valence electrons. The first-order chi connectivity index (χ1) is 18.0. The second-order valence-electron chi connectivity index (χ2n) is 8.95. The van der Waals surface area contributed by atoms with E-state index in [0.717, 1.165) is 65.3 Å². The Hall–Kier alpha value is -3.26. The number of carbonyl (C=O) groups excluding carboxylic acids is 1. The maximum Gasteiger partial charge on any atom is 0.237 e. The van der Waals surface area contributed by atoms with Crippen LogP contribution in [-0.4, -0.2) is 47.0 Å². The third-order valence-corrected chi connectivity index (χ3v) is 7.71. The summed E-state index contributed by atoms with van der Waals surface area (Å²) in [7, 11) is 0. The molecule has 2 heterocycles. The van der Waals surface area contributed by atoms with Crippen molar-refractivity contribution in [3.8, 4) is 16.9 Å². The fourth-order valence-electron chi connectivity index (χ4n) is 4.32. The Morgan fingerprint density at radius 3 is 2.43 bits per heavy atom. The molecule has 5 rings (SSSR count). The van der Waals surface area contributed by atoms with Gasteiger partial charge in [-0.25, -0.2) is 4.98 Å². The van der Waals surface area contributed by atoms with E-state index in [1.165, 1.54) is 11.8 Å². The standard InChI is InChI=1S/C29H29ClN4O2S/c1-20-5-3-4-6-26(20)34-27(22-7-9-23(30)10-8-22)19-31-29(34)37-21(2)28(35)32-24-11-13-25(14-12-24)33-15-17-36-18-16-33/h3-14,19,21H,15-18H2,1-2H3,(H,32,35). The summed E-state index contributed by atoms with van der Waals surface area (Å²) in [6, 6.07) is 23.9. The van der Waals surface area contributed by atoms with Gasteiger partial charge in [0, 0.05) is 35.1 Å². The summed E-state index contributed by atoms with van der Waals surface area (Å²) < 4.78 is 7.55. The van der Waals surface area contributed by atoms with E-state index in [4.69, 9.17) is 21.3 Å². The molecule has 3 aromatic carbocycles.